The fourth-order valence-electron chi connectivity index (χ4n) is 3.43. The van der Waals surface area contributed by atoms with Crippen LogP contribution in [0.3, 0.4) is 0 Å². The highest BCUT2D eigenvalue weighted by Gasteiger charge is 2.26. The first kappa shape index (κ1) is 19.4. The number of carbonyl (C=O) groups is 1. The SMILES string of the molecule is C[C@@H]1CNc2c(oc3ccc4nc(Oc5cc(Cl)nc(C(F)F)n5)ccc4c23)C(=O)N1. The first-order valence-electron chi connectivity index (χ1n) is 9.30. The Morgan fingerprint density at radius 3 is 2.84 bits per heavy atom. The summed E-state index contributed by atoms with van der Waals surface area (Å²) in [6, 6.07) is 7.90. The van der Waals surface area contributed by atoms with Crippen LogP contribution in [0.2, 0.25) is 5.15 Å². The van der Waals surface area contributed by atoms with E-state index in [-0.39, 0.29) is 34.6 Å². The van der Waals surface area contributed by atoms with Crippen molar-refractivity contribution in [2.45, 2.75) is 19.4 Å². The number of furan rings is 1. The maximum atomic E-state index is 12.9. The molecule has 0 saturated carbocycles. The number of nitrogens with one attached hydrogen (secondary N) is 2. The van der Waals surface area contributed by atoms with E-state index < -0.39 is 12.2 Å². The number of hydrogen-bond acceptors (Lipinski definition) is 7. The van der Waals surface area contributed by atoms with Gasteiger partial charge in [0.15, 0.2) is 0 Å². The number of amides is 1. The molecule has 1 aliphatic rings. The highest BCUT2D eigenvalue weighted by Crippen LogP contribution is 2.38. The topological polar surface area (TPSA) is 102 Å². The molecule has 5 rings (SSSR count). The summed E-state index contributed by atoms with van der Waals surface area (Å²) in [5.41, 5.74) is 1.69. The van der Waals surface area contributed by atoms with E-state index in [1.165, 1.54) is 6.07 Å². The van der Waals surface area contributed by atoms with Crippen molar-refractivity contribution in [1.29, 1.82) is 0 Å². The van der Waals surface area contributed by atoms with Crippen molar-refractivity contribution in [3.63, 3.8) is 0 Å². The first-order valence-corrected chi connectivity index (χ1v) is 9.68. The van der Waals surface area contributed by atoms with Gasteiger partial charge in [-0.15, -0.1) is 0 Å². The molecule has 8 nitrogen and oxygen atoms in total. The highest BCUT2D eigenvalue weighted by atomic mass is 35.5. The number of halogens is 3. The maximum absolute atomic E-state index is 12.9. The lowest BCUT2D eigenvalue weighted by Crippen LogP contribution is -2.34. The van der Waals surface area contributed by atoms with Gasteiger partial charge in [-0.2, -0.15) is 4.98 Å². The van der Waals surface area contributed by atoms with E-state index >= 15 is 0 Å². The van der Waals surface area contributed by atoms with Crippen LogP contribution >= 0.6 is 11.6 Å². The number of hydrogen-bond donors (Lipinski definition) is 2. The lowest BCUT2D eigenvalue weighted by molar-refractivity contribution is 0.0920. The molecule has 0 bridgehead atoms. The fraction of sp³-hybridized carbons (Fsp3) is 0.200. The van der Waals surface area contributed by atoms with E-state index in [9.17, 15) is 13.6 Å². The normalized spacial score (nSPS) is 16.2. The van der Waals surface area contributed by atoms with Crippen molar-refractivity contribution in [2.24, 2.45) is 0 Å². The summed E-state index contributed by atoms with van der Waals surface area (Å²) in [6.45, 7) is 2.43. The van der Waals surface area contributed by atoms with E-state index in [1.807, 2.05) is 6.92 Å². The minimum atomic E-state index is -2.89. The summed E-state index contributed by atoms with van der Waals surface area (Å²) in [5.74, 6) is -0.823. The maximum Gasteiger partial charge on any atom is 0.297 e. The van der Waals surface area contributed by atoms with Crippen LogP contribution in [0.1, 0.15) is 29.7 Å². The summed E-state index contributed by atoms with van der Waals surface area (Å²) in [7, 11) is 0. The molecule has 0 saturated heterocycles. The third-order valence-corrected chi connectivity index (χ3v) is 4.95. The van der Waals surface area contributed by atoms with Gasteiger partial charge < -0.3 is 19.8 Å². The third-order valence-electron chi connectivity index (χ3n) is 4.76. The summed E-state index contributed by atoms with van der Waals surface area (Å²) in [4.78, 5) is 24.0. The number of anilines is 1. The number of benzene rings is 1. The molecule has 0 radical (unpaired) electrons. The first-order chi connectivity index (χ1) is 14.9. The molecule has 1 amide bonds. The number of fused-ring (bicyclic) bond motifs is 5. The summed E-state index contributed by atoms with van der Waals surface area (Å²) < 4.78 is 37.1. The minimum absolute atomic E-state index is 0.0592. The highest BCUT2D eigenvalue weighted by molar-refractivity contribution is 6.29. The Kier molecular flexibility index (Phi) is 4.58. The molecule has 4 heterocycles. The summed E-state index contributed by atoms with van der Waals surface area (Å²) >= 11 is 5.78. The van der Waals surface area contributed by atoms with Crippen LogP contribution in [0.4, 0.5) is 14.5 Å². The lowest BCUT2D eigenvalue weighted by atomic mass is 10.1. The standard InChI is InChI=1S/C20H14ClF2N5O3/c1-8-7-24-16-15-9-2-5-13(31-14-6-12(21)27-19(28-14)18(22)23)26-10(9)3-4-11(15)30-17(16)20(29)25-8/h2-6,8,18,24H,7H2,1H3,(H,25,29)/t8-/m1/s1. The van der Waals surface area contributed by atoms with Crippen LogP contribution in [0, 0.1) is 0 Å². The molecule has 4 aromatic rings. The van der Waals surface area contributed by atoms with Gasteiger partial charge >= 0.3 is 0 Å². The Morgan fingerprint density at radius 2 is 2.03 bits per heavy atom. The molecule has 0 aliphatic carbocycles. The Bertz CT molecular complexity index is 1340. The zero-order valence-electron chi connectivity index (χ0n) is 15.9. The minimum Gasteiger partial charge on any atom is -0.449 e. The van der Waals surface area contributed by atoms with Crippen LogP contribution in [-0.4, -0.2) is 33.4 Å². The fourth-order valence-corrected chi connectivity index (χ4v) is 3.61. The molecule has 0 spiro atoms. The van der Waals surface area contributed by atoms with Crippen molar-refractivity contribution in [2.75, 3.05) is 11.9 Å². The number of nitrogens with zero attached hydrogens (tertiary/aromatic N) is 3. The largest absolute Gasteiger partial charge is 0.449 e. The van der Waals surface area contributed by atoms with E-state index in [1.54, 1.807) is 24.3 Å². The number of carbonyl (C=O) groups excluding carboxylic acids is 1. The van der Waals surface area contributed by atoms with Gasteiger partial charge in [0.05, 0.1) is 16.6 Å². The lowest BCUT2D eigenvalue weighted by Gasteiger charge is -2.10. The number of pyridine rings is 1. The predicted molar refractivity (Wildman–Crippen MR) is 109 cm³/mol. The zero-order valence-corrected chi connectivity index (χ0v) is 16.7. The van der Waals surface area contributed by atoms with Gasteiger partial charge in [0, 0.05) is 30.1 Å². The Labute approximate surface area is 178 Å². The quantitative estimate of drug-likeness (QED) is 0.441. The van der Waals surface area contributed by atoms with Crippen LogP contribution < -0.4 is 15.4 Å². The van der Waals surface area contributed by atoms with Crippen LogP contribution in [-0.2, 0) is 0 Å². The van der Waals surface area contributed by atoms with Gasteiger partial charge in [-0.05, 0) is 25.1 Å². The molecule has 2 N–H and O–H groups in total. The van der Waals surface area contributed by atoms with E-state index in [2.05, 4.69) is 25.6 Å². The van der Waals surface area contributed by atoms with Gasteiger partial charge in [0.2, 0.25) is 23.3 Å². The molecular formula is C20H14ClF2N5O3. The zero-order chi connectivity index (χ0) is 21.7. The second-order valence-electron chi connectivity index (χ2n) is 7.01. The van der Waals surface area contributed by atoms with E-state index in [0.717, 1.165) is 10.8 Å². The molecular weight excluding hydrogens is 432 g/mol. The monoisotopic (exact) mass is 445 g/mol. The second kappa shape index (κ2) is 7.31. The van der Waals surface area contributed by atoms with Crippen LogP contribution in [0.5, 0.6) is 11.8 Å². The van der Waals surface area contributed by atoms with Gasteiger partial charge in [0.1, 0.15) is 10.7 Å². The molecule has 1 aliphatic heterocycles. The van der Waals surface area contributed by atoms with E-state index in [4.69, 9.17) is 20.8 Å². The van der Waals surface area contributed by atoms with Crippen LogP contribution in [0.25, 0.3) is 21.9 Å². The molecule has 3 aromatic heterocycles. The van der Waals surface area contributed by atoms with Gasteiger partial charge in [-0.1, -0.05) is 11.6 Å². The summed E-state index contributed by atoms with van der Waals surface area (Å²) in [5, 5.41) is 7.41. The Morgan fingerprint density at radius 1 is 1.19 bits per heavy atom. The van der Waals surface area contributed by atoms with E-state index in [0.29, 0.717) is 23.3 Å². The number of ether oxygens (including phenoxy) is 1. The van der Waals surface area contributed by atoms with Crippen molar-refractivity contribution in [3.8, 4) is 11.8 Å². The molecule has 158 valence electrons. The second-order valence-corrected chi connectivity index (χ2v) is 7.39. The van der Waals surface area contributed by atoms with Gasteiger partial charge in [0.25, 0.3) is 12.3 Å². The Hall–Kier alpha value is -3.53. The predicted octanol–water partition coefficient (Wildman–Crippen LogP) is 4.70. The number of alkyl halides is 2. The average molecular weight is 446 g/mol. The van der Waals surface area contributed by atoms with Gasteiger partial charge in [-0.25, -0.2) is 18.7 Å². The molecule has 1 atom stereocenters. The Balaban J connectivity index is 1.57. The molecule has 11 heteroatoms. The molecule has 31 heavy (non-hydrogen) atoms. The summed E-state index contributed by atoms with van der Waals surface area (Å²) in [6.07, 6.45) is -2.89. The smallest absolute Gasteiger partial charge is 0.297 e. The van der Waals surface area contributed by atoms with Crippen molar-refractivity contribution < 1.29 is 22.7 Å². The third kappa shape index (κ3) is 3.48. The molecule has 0 unspecified atom stereocenters. The average Bonchev–Trinajstić information content (AvgIpc) is 3.04. The van der Waals surface area contributed by atoms with Gasteiger partial charge in [-0.3, -0.25) is 4.79 Å². The molecule has 1 aromatic carbocycles. The van der Waals surface area contributed by atoms with Crippen molar-refractivity contribution in [1.82, 2.24) is 20.3 Å². The van der Waals surface area contributed by atoms with Crippen LogP contribution in [0.15, 0.2) is 34.7 Å². The van der Waals surface area contributed by atoms with Crippen molar-refractivity contribution >= 4 is 45.1 Å². The number of rotatable bonds is 3. The molecule has 0 fully saturated rings. The number of aromatic nitrogens is 3. The van der Waals surface area contributed by atoms with Crippen molar-refractivity contribution in [3.05, 3.63) is 47.1 Å².